The molecule has 5 nitrogen and oxygen atoms in total. The lowest BCUT2D eigenvalue weighted by Gasteiger charge is -2.45. The van der Waals surface area contributed by atoms with Crippen molar-refractivity contribution in [2.24, 2.45) is 0 Å². The van der Waals surface area contributed by atoms with Crippen molar-refractivity contribution in [3.8, 4) is 0 Å². The number of methoxy groups -OCH3 is 2. The summed E-state index contributed by atoms with van der Waals surface area (Å²) in [5.41, 5.74) is 0. The maximum Gasteiger partial charge on any atom is 0.308 e. The van der Waals surface area contributed by atoms with E-state index in [1.807, 2.05) is 36.4 Å². The SMILES string of the molecule is COC(=O)CC(CC(=O)OC)O[Si](c1ccccc1)(c1ccccc1)C(C)(C)C. The highest BCUT2D eigenvalue weighted by Gasteiger charge is 2.51. The largest absolute Gasteiger partial charge is 0.469 e. The first-order valence-electron chi connectivity index (χ1n) is 9.67. The van der Waals surface area contributed by atoms with Crippen LogP contribution in [0.15, 0.2) is 60.7 Å². The van der Waals surface area contributed by atoms with Crippen LogP contribution in [0.25, 0.3) is 0 Å². The summed E-state index contributed by atoms with van der Waals surface area (Å²) >= 11 is 0. The Morgan fingerprint density at radius 2 is 1.17 bits per heavy atom. The van der Waals surface area contributed by atoms with E-state index in [-0.39, 0.29) is 17.9 Å². The van der Waals surface area contributed by atoms with Crippen LogP contribution in [0.1, 0.15) is 33.6 Å². The first kappa shape index (κ1) is 22.8. The van der Waals surface area contributed by atoms with Gasteiger partial charge in [-0.1, -0.05) is 81.4 Å². The number of carbonyl (C=O) groups is 2. The molecule has 0 fully saturated rings. The highest BCUT2D eigenvalue weighted by atomic mass is 28.4. The van der Waals surface area contributed by atoms with Crippen LogP contribution in [0.4, 0.5) is 0 Å². The van der Waals surface area contributed by atoms with Crippen molar-refractivity contribution < 1.29 is 23.5 Å². The van der Waals surface area contributed by atoms with Crippen LogP contribution in [0.2, 0.25) is 5.04 Å². The topological polar surface area (TPSA) is 61.8 Å². The molecule has 0 heterocycles. The van der Waals surface area contributed by atoms with Crippen LogP contribution in [0.3, 0.4) is 0 Å². The van der Waals surface area contributed by atoms with E-state index in [1.54, 1.807) is 0 Å². The van der Waals surface area contributed by atoms with Crippen molar-refractivity contribution >= 4 is 30.6 Å². The fourth-order valence-corrected chi connectivity index (χ4v) is 8.32. The molecule has 2 rings (SSSR count). The highest BCUT2D eigenvalue weighted by Crippen LogP contribution is 2.38. The van der Waals surface area contributed by atoms with Crippen LogP contribution in [0.5, 0.6) is 0 Å². The van der Waals surface area contributed by atoms with Gasteiger partial charge in [-0.2, -0.15) is 0 Å². The zero-order valence-corrected chi connectivity index (χ0v) is 18.8. The van der Waals surface area contributed by atoms with Crippen molar-refractivity contribution in [2.75, 3.05) is 14.2 Å². The monoisotopic (exact) mass is 414 g/mol. The van der Waals surface area contributed by atoms with Crippen molar-refractivity contribution in [1.29, 1.82) is 0 Å². The molecule has 0 saturated heterocycles. The van der Waals surface area contributed by atoms with E-state index >= 15 is 0 Å². The number of benzene rings is 2. The van der Waals surface area contributed by atoms with Gasteiger partial charge in [-0.3, -0.25) is 9.59 Å². The van der Waals surface area contributed by atoms with Gasteiger partial charge in [0.25, 0.3) is 8.32 Å². The van der Waals surface area contributed by atoms with Crippen molar-refractivity contribution in [2.45, 2.75) is 44.8 Å². The van der Waals surface area contributed by atoms with Crippen LogP contribution in [-0.2, 0) is 23.5 Å². The van der Waals surface area contributed by atoms with Gasteiger partial charge in [-0.15, -0.1) is 0 Å². The number of rotatable bonds is 8. The molecule has 29 heavy (non-hydrogen) atoms. The van der Waals surface area contributed by atoms with Crippen LogP contribution < -0.4 is 10.4 Å². The fourth-order valence-electron chi connectivity index (χ4n) is 3.64. The normalized spacial score (nSPS) is 11.9. The van der Waals surface area contributed by atoms with Gasteiger partial charge in [0.1, 0.15) is 0 Å². The number of hydrogen-bond acceptors (Lipinski definition) is 5. The quantitative estimate of drug-likeness (QED) is 0.491. The Morgan fingerprint density at radius 1 is 0.793 bits per heavy atom. The molecule has 0 N–H and O–H groups in total. The number of hydrogen-bond donors (Lipinski definition) is 0. The van der Waals surface area contributed by atoms with Gasteiger partial charge in [0.05, 0.1) is 33.2 Å². The molecule has 6 heteroatoms. The first-order valence-corrected chi connectivity index (χ1v) is 11.6. The average Bonchev–Trinajstić information content (AvgIpc) is 2.71. The van der Waals surface area contributed by atoms with E-state index in [1.165, 1.54) is 14.2 Å². The summed E-state index contributed by atoms with van der Waals surface area (Å²) in [5, 5.41) is 1.90. The molecule has 156 valence electrons. The summed E-state index contributed by atoms with van der Waals surface area (Å²) in [6.45, 7) is 6.44. The smallest absolute Gasteiger partial charge is 0.308 e. The van der Waals surface area contributed by atoms with E-state index in [0.717, 1.165) is 10.4 Å². The lowest BCUT2D eigenvalue weighted by atomic mass is 10.2. The Morgan fingerprint density at radius 3 is 1.48 bits per heavy atom. The Labute approximate surface area is 174 Å². The van der Waals surface area contributed by atoms with Crippen LogP contribution in [0, 0.1) is 0 Å². The molecular weight excluding hydrogens is 384 g/mol. The van der Waals surface area contributed by atoms with Gasteiger partial charge in [0.15, 0.2) is 0 Å². The Bertz CT molecular complexity index is 742. The van der Waals surface area contributed by atoms with Gasteiger partial charge in [-0.05, 0) is 15.4 Å². The molecule has 0 saturated carbocycles. The predicted octanol–water partition coefficient (Wildman–Crippen LogP) is 3.06. The summed E-state index contributed by atoms with van der Waals surface area (Å²) in [7, 11) is -0.220. The molecule has 0 bridgehead atoms. The molecule has 0 unspecified atom stereocenters. The van der Waals surface area contributed by atoms with Crippen molar-refractivity contribution in [3.05, 3.63) is 60.7 Å². The zero-order valence-electron chi connectivity index (χ0n) is 17.8. The van der Waals surface area contributed by atoms with E-state index < -0.39 is 26.4 Å². The average molecular weight is 415 g/mol. The van der Waals surface area contributed by atoms with Crippen molar-refractivity contribution in [1.82, 2.24) is 0 Å². The van der Waals surface area contributed by atoms with Gasteiger partial charge >= 0.3 is 11.9 Å². The standard InChI is InChI=1S/C23H30O5Si/c1-23(2,3)29(19-12-8-6-9-13-19,20-14-10-7-11-15-20)28-18(16-21(24)26-4)17-22(25)27-5/h6-15,18H,16-17H2,1-5H3. The first-order chi connectivity index (χ1) is 13.7. The van der Waals surface area contributed by atoms with Gasteiger partial charge in [-0.25, -0.2) is 0 Å². The van der Waals surface area contributed by atoms with Crippen molar-refractivity contribution in [3.63, 3.8) is 0 Å². The number of carbonyl (C=O) groups excluding carboxylic acids is 2. The summed E-state index contributed by atoms with van der Waals surface area (Å²) < 4.78 is 16.6. The predicted molar refractivity (Wildman–Crippen MR) is 116 cm³/mol. The Hall–Kier alpha value is -2.44. The summed E-state index contributed by atoms with van der Waals surface area (Å²) in [5.74, 6) is -0.839. The second kappa shape index (κ2) is 9.85. The number of esters is 2. The third-order valence-corrected chi connectivity index (χ3v) is 10.1. The highest BCUT2D eigenvalue weighted by molar-refractivity contribution is 6.99. The molecule has 2 aromatic rings. The van der Waals surface area contributed by atoms with E-state index in [9.17, 15) is 9.59 Å². The maximum atomic E-state index is 12.1. The zero-order chi connectivity index (χ0) is 21.5. The van der Waals surface area contributed by atoms with Crippen LogP contribution in [-0.4, -0.2) is 40.6 Å². The van der Waals surface area contributed by atoms with Gasteiger partial charge in [0.2, 0.25) is 0 Å². The van der Waals surface area contributed by atoms with Gasteiger partial charge < -0.3 is 13.9 Å². The Balaban J connectivity index is 2.64. The maximum absolute atomic E-state index is 12.1. The van der Waals surface area contributed by atoms with E-state index in [4.69, 9.17) is 13.9 Å². The Kier molecular flexibility index (Phi) is 7.76. The molecule has 0 aliphatic rings. The molecular formula is C23H30O5Si. The van der Waals surface area contributed by atoms with E-state index in [0.29, 0.717) is 0 Å². The minimum Gasteiger partial charge on any atom is -0.469 e. The second-order valence-electron chi connectivity index (χ2n) is 7.96. The summed E-state index contributed by atoms with van der Waals surface area (Å²) in [4.78, 5) is 24.1. The molecule has 0 spiro atoms. The summed E-state index contributed by atoms with van der Waals surface area (Å²) in [6, 6.07) is 20.2. The molecule has 0 radical (unpaired) electrons. The third-order valence-electron chi connectivity index (χ3n) is 5.00. The molecule has 0 aliphatic carbocycles. The second-order valence-corrected chi connectivity index (χ2v) is 12.2. The lowest BCUT2D eigenvalue weighted by Crippen LogP contribution is -2.67. The molecule has 0 amide bonds. The van der Waals surface area contributed by atoms with Crippen LogP contribution >= 0.6 is 0 Å². The lowest BCUT2D eigenvalue weighted by molar-refractivity contribution is -0.145. The minimum absolute atomic E-state index is 0.0178. The third kappa shape index (κ3) is 5.34. The number of ether oxygens (including phenoxy) is 2. The fraction of sp³-hybridized carbons (Fsp3) is 0.391. The molecule has 0 aromatic heterocycles. The minimum atomic E-state index is -2.89. The molecule has 0 aliphatic heterocycles. The molecule has 2 aromatic carbocycles. The van der Waals surface area contributed by atoms with Gasteiger partial charge in [0, 0.05) is 0 Å². The molecule has 0 atom stereocenters. The summed E-state index contributed by atoms with van der Waals surface area (Å²) in [6.07, 6.45) is -0.687. The van der Waals surface area contributed by atoms with E-state index in [2.05, 4.69) is 45.0 Å².